The fourth-order valence-corrected chi connectivity index (χ4v) is 1.89. The minimum Gasteiger partial charge on any atom is -0.0845 e. The molecule has 0 saturated carbocycles. The quantitative estimate of drug-likeness (QED) is 0.656. The Labute approximate surface area is 86.0 Å². The summed E-state index contributed by atoms with van der Waals surface area (Å²) in [6, 6.07) is 10.7. The molecule has 0 heterocycles. The van der Waals surface area contributed by atoms with Gasteiger partial charge >= 0.3 is 0 Å². The molecule has 0 aromatic heterocycles. The van der Waals surface area contributed by atoms with Gasteiger partial charge < -0.3 is 0 Å². The molecule has 0 radical (unpaired) electrons. The molecule has 1 aliphatic carbocycles. The maximum atomic E-state index is 2.33. The van der Waals surface area contributed by atoms with Crippen LogP contribution in [0.15, 0.2) is 54.6 Å². The maximum Gasteiger partial charge on any atom is -0.0187 e. The summed E-state index contributed by atoms with van der Waals surface area (Å²) in [5.74, 6) is 0.715. The van der Waals surface area contributed by atoms with E-state index in [2.05, 4.69) is 54.6 Å². The first-order valence-electron chi connectivity index (χ1n) is 5.32. The van der Waals surface area contributed by atoms with Crippen molar-refractivity contribution in [2.45, 2.75) is 19.3 Å². The summed E-state index contributed by atoms with van der Waals surface area (Å²) in [4.78, 5) is 0. The standard InChI is InChI=1S/C14H16/c1-2-5-9-13(8-4-1)12-14-10-6-3-7-11-14/h1-4,6-8,10-11,13H,5,9,12H2. The molecule has 1 aliphatic rings. The Kier molecular flexibility index (Phi) is 3.18. The Hall–Kier alpha value is -1.30. The van der Waals surface area contributed by atoms with Gasteiger partial charge in [0.2, 0.25) is 0 Å². The van der Waals surface area contributed by atoms with Crippen LogP contribution in [0.1, 0.15) is 18.4 Å². The fourth-order valence-electron chi connectivity index (χ4n) is 1.89. The van der Waals surface area contributed by atoms with Gasteiger partial charge in [0.1, 0.15) is 0 Å². The van der Waals surface area contributed by atoms with Gasteiger partial charge in [-0.1, -0.05) is 54.6 Å². The SMILES string of the molecule is C1=CCCC(Cc2ccccc2)C=C1. The minimum atomic E-state index is 0.715. The topological polar surface area (TPSA) is 0 Å². The highest BCUT2D eigenvalue weighted by Gasteiger charge is 2.05. The van der Waals surface area contributed by atoms with Crippen molar-refractivity contribution in [3.63, 3.8) is 0 Å². The van der Waals surface area contributed by atoms with Crippen LogP contribution in [-0.4, -0.2) is 0 Å². The van der Waals surface area contributed by atoms with Crippen LogP contribution in [-0.2, 0) is 6.42 Å². The van der Waals surface area contributed by atoms with E-state index in [1.807, 2.05) is 0 Å². The van der Waals surface area contributed by atoms with E-state index in [-0.39, 0.29) is 0 Å². The van der Waals surface area contributed by atoms with Gasteiger partial charge in [-0.2, -0.15) is 0 Å². The molecule has 0 bridgehead atoms. The van der Waals surface area contributed by atoms with E-state index < -0.39 is 0 Å². The third-order valence-electron chi connectivity index (χ3n) is 2.68. The van der Waals surface area contributed by atoms with Crippen LogP contribution >= 0.6 is 0 Å². The molecule has 2 rings (SSSR count). The average Bonchev–Trinajstić information content (AvgIpc) is 2.48. The first kappa shape index (κ1) is 9.26. The monoisotopic (exact) mass is 184 g/mol. The summed E-state index contributed by atoms with van der Waals surface area (Å²) in [5.41, 5.74) is 1.45. The van der Waals surface area contributed by atoms with E-state index in [9.17, 15) is 0 Å². The molecule has 1 atom stereocenters. The summed E-state index contributed by atoms with van der Waals surface area (Å²) in [7, 11) is 0. The van der Waals surface area contributed by atoms with E-state index in [1.165, 1.54) is 24.8 Å². The molecular weight excluding hydrogens is 168 g/mol. The molecule has 1 aromatic carbocycles. The van der Waals surface area contributed by atoms with Gasteiger partial charge in [-0.25, -0.2) is 0 Å². The lowest BCUT2D eigenvalue weighted by molar-refractivity contribution is 0.598. The van der Waals surface area contributed by atoms with E-state index in [0.29, 0.717) is 5.92 Å². The predicted molar refractivity (Wildman–Crippen MR) is 61.2 cm³/mol. The molecular formula is C14H16. The molecule has 0 nitrogen and oxygen atoms in total. The molecule has 0 saturated heterocycles. The molecule has 14 heavy (non-hydrogen) atoms. The van der Waals surface area contributed by atoms with Crippen LogP contribution in [0.25, 0.3) is 0 Å². The van der Waals surface area contributed by atoms with E-state index in [0.717, 1.165) is 0 Å². The molecule has 1 aromatic rings. The van der Waals surface area contributed by atoms with Crippen molar-refractivity contribution in [1.29, 1.82) is 0 Å². The van der Waals surface area contributed by atoms with Gasteiger partial charge in [-0.15, -0.1) is 0 Å². The van der Waals surface area contributed by atoms with Crippen LogP contribution in [0.3, 0.4) is 0 Å². The highest BCUT2D eigenvalue weighted by atomic mass is 14.1. The maximum absolute atomic E-state index is 2.33. The Morgan fingerprint density at radius 3 is 2.79 bits per heavy atom. The van der Waals surface area contributed by atoms with Crippen molar-refractivity contribution in [3.8, 4) is 0 Å². The lowest BCUT2D eigenvalue weighted by Crippen LogP contribution is -2.00. The third kappa shape index (κ3) is 2.59. The average molecular weight is 184 g/mol. The van der Waals surface area contributed by atoms with Gasteiger partial charge in [0.05, 0.1) is 0 Å². The molecule has 0 fully saturated rings. The third-order valence-corrected chi connectivity index (χ3v) is 2.68. The van der Waals surface area contributed by atoms with Crippen LogP contribution in [0, 0.1) is 5.92 Å². The molecule has 72 valence electrons. The van der Waals surface area contributed by atoms with Gasteiger partial charge in [-0.05, 0) is 30.7 Å². The van der Waals surface area contributed by atoms with Gasteiger partial charge in [0, 0.05) is 0 Å². The summed E-state index contributed by atoms with van der Waals surface area (Å²) in [6.45, 7) is 0. The smallest absolute Gasteiger partial charge is 0.0187 e. The summed E-state index contributed by atoms with van der Waals surface area (Å²) in [6.07, 6.45) is 12.6. The molecule has 0 heteroatoms. The Bertz CT molecular complexity index is 319. The van der Waals surface area contributed by atoms with Gasteiger partial charge in [-0.3, -0.25) is 0 Å². The summed E-state index contributed by atoms with van der Waals surface area (Å²) < 4.78 is 0. The Balaban J connectivity index is 1.98. The highest BCUT2D eigenvalue weighted by Crippen LogP contribution is 2.17. The number of allylic oxidation sites excluding steroid dienone is 4. The van der Waals surface area contributed by atoms with E-state index in [4.69, 9.17) is 0 Å². The van der Waals surface area contributed by atoms with E-state index >= 15 is 0 Å². The largest absolute Gasteiger partial charge is 0.0845 e. The van der Waals surface area contributed by atoms with Crippen molar-refractivity contribution in [2.24, 2.45) is 5.92 Å². The summed E-state index contributed by atoms with van der Waals surface area (Å²) >= 11 is 0. The zero-order chi connectivity index (χ0) is 9.64. The first-order chi connectivity index (χ1) is 6.95. The van der Waals surface area contributed by atoms with Crippen LogP contribution in [0.5, 0.6) is 0 Å². The van der Waals surface area contributed by atoms with Crippen molar-refractivity contribution in [2.75, 3.05) is 0 Å². The predicted octanol–water partition coefficient (Wildman–Crippen LogP) is 3.75. The lowest BCUT2D eigenvalue weighted by Gasteiger charge is -2.10. The second-order valence-electron chi connectivity index (χ2n) is 3.84. The van der Waals surface area contributed by atoms with Crippen LogP contribution in [0.4, 0.5) is 0 Å². The van der Waals surface area contributed by atoms with Crippen molar-refractivity contribution >= 4 is 0 Å². The van der Waals surface area contributed by atoms with Crippen molar-refractivity contribution in [3.05, 3.63) is 60.2 Å². The molecule has 0 spiro atoms. The fraction of sp³-hybridized carbons (Fsp3) is 0.286. The van der Waals surface area contributed by atoms with Gasteiger partial charge in [0.15, 0.2) is 0 Å². The van der Waals surface area contributed by atoms with Crippen molar-refractivity contribution in [1.82, 2.24) is 0 Å². The second-order valence-corrected chi connectivity index (χ2v) is 3.84. The highest BCUT2D eigenvalue weighted by molar-refractivity contribution is 5.17. The summed E-state index contributed by atoms with van der Waals surface area (Å²) in [5, 5.41) is 0. The zero-order valence-corrected chi connectivity index (χ0v) is 8.39. The zero-order valence-electron chi connectivity index (χ0n) is 8.39. The van der Waals surface area contributed by atoms with Crippen molar-refractivity contribution < 1.29 is 0 Å². The number of hydrogen-bond acceptors (Lipinski definition) is 0. The normalized spacial score (nSPS) is 20.7. The Morgan fingerprint density at radius 2 is 1.93 bits per heavy atom. The first-order valence-corrected chi connectivity index (χ1v) is 5.32. The Morgan fingerprint density at radius 1 is 1.07 bits per heavy atom. The second kappa shape index (κ2) is 4.80. The molecule has 0 amide bonds. The minimum absolute atomic E-state index is 0.715. The molecule has 0 aliphatic heterocycles. The van der Waals surface area contributed by atoms with E-state index in [1.54, 1.807) is 0 Å². The molecule has 1 unspecified atom stereocenters. The van der Waals surface area contributed by atoms with Crippen LogP contribution < -0.4 is 0 Å². The number of hydrogen-bond donors (Lipinski definition) is 0. The number of rotatable bonds is 2. The lowest BCUT2D eigenvalue weighted by atomic mass is 9.95. The number of benzene rings is 1. The van der Waals surface area contributed by atoms with Gasteiger partial charge in [0.25, 0.3) is 0 Å². The molecule has 0 N–H and O–H groups in total. The van der Waals surface area contributed by atoms with Crippen LogP contribution in [0.2, 0.25) is 0 Å².